The number of ether oxygens (including phenoxy) is 1. The van der Waals surface area contributed by atoms with Gasteiger partial charge in [0.25, 0.3) is 0 Å². The van der Waals surface area contributed by atoms with Crippen molar-refractivity contribution in [1.29, 1.82) is 0 Å². The number of rotatable bonds is 11. The number of carbonyl (C=O) groups is 1. The summed E-state index contributed by atoms with van der Waals surface area (Å²) in [6.07, 6.45) is 11.7. The summed E-state index contributed by atoms with van der Waals surface area (Å²) in [6.45, 7) is 6.05. The molecule has 0 aromatic rings. The maximum absolute atomic E-state index is 11.1. The first kappa shape index (κ1) is 16.7. The Labute approximate surface area is 114 Å². The first-order valence-corrected chi connectivity index (χ1v) is 7.51. The van der Waals surface area contributed by atoms with Crippen molar-refractivity contribution in [1.82, 2.24) is 0 Å². The van der Waals surface area contributed by atoms with Crippen LogP contribution in [0, 0.1) is 0 Å². The average molecular weight is 305 g/mol. The minimum absolute atomic E-state index is 0.158. The highest BCUT2D eigenvalue weighted by molar-refractivity contribution is 9.10. The van der Waals surface area contributed by atoms with E-state index in [4.69, 9.17) is 4.74 Å². The Morgan fingerprint density at radius 2 is 1.71 bits per heavy atom. The highest BCUT2D eigenvalue weighted by Gasteiger charge is 2.08. The van der Waals surface area contributed by atoms with Gasteiger partial charge in [-0.25, -0.2) is 0 Å². The number of hydrogen-bond acceptors (Lipinski definition) is 2. The van der Waals surface area contributed by atoms with Crippen LogP contribution >= 0.6 is 15.9 Å². The van der Waals surface area contributed by atoms with Crippen LogP contribution in [0.5, 0.6) is 0 Å². The molecule has 0 N–H and O–H groups in total. The van der Waals surface area contributed by atoms with Crippen LogP contribution in [-0.2, 0) is 9.53 Å². The van der Waals surface area contributed by atoms with Gasteiger partial charge >= 0.3 is 5.97 Å². The van der Waals surface area contributed by atoms with Gasteiger partial charge in [-0.15, -0.1) is 6.58 Å². The summed E-state index contributed by atoms with van der Waals surface area (Å²) >= 11 is 3.18. The van der Waals surface area contributed by atoms with E-state index >= 15 is 0 Å². The third-order valence-corrected chi connectivity index (χ3v) is 3.00. The molecule has 0 rings (SSSR count). The standard InChI is InChI=1S/C14H25BrO2/c1-3-4-5-6-7-8-9-10-11-12-17-14(16)13(2)15/h3,13H,1,4-12H2,2H3/t13-/m0/s1. The van der Waals surface area contributed by atoms with E-state index < -0.39 is 0 Å². The smallest absolute Gasteiger partial charge is 0.319 e. The number of halogens is 1. The summed E-state index contributed by atoms with van der Waals surface area (Å²) in [5, 5.41) is 0. The van der Waals surface area contributed by atoms with Gasteiger partial charge in [-0.3, -0.25) is 4.79 Å². The van der Waals surface area contributed by atoms with Crippen LogP contribution in [0.1, 0.15) is 58.3 Å². The van der Waals surface area contributed by atoms with E-state index in [0.717, 1.165) is 19.3 Å². The molecule has 17 heavy (non-hydrogen) atoms. The van der Waals surface area contributed by atoms with E-state index in [9.17, 15) is 4.79 Å². The summed E-state index contributed by atoms with van der Waals surface area (Å²) in [6, 6.07) is 0. The molecule has 0 spiro atoms. The molecule has 0 fully saturated rings. The molecule has 0 aliphatic carbocycles. The molecule has 0 bridgehead atoms. The minimum atomic E-state index is -0.188. The highest BCUT2D eigenvalue weighted by Crippen LogP contribution is 2.09. The number of esters is 1. The SMILES string of the molecule is C=CCCCCCCCCCOC(=O)[C@H](C)Br. The summed E-state index contributed by atoms with van der Waals surface area (Å²) < 4.78 is 5.07. The number of hydrogen-bond donors (Lipinski definition) is 0. The second kappa shape index (κ2) is 12.2. The van der Waals surface area contributed by atoms with E-state index in [1.807, 2.05) is 6.08 Å². The van der Waals surface area contributed by atoms with E-state index in [1.165, 1.54) is 32.1 Å². The number of carbonyl (C=O) groups excluding carboxylic acids is 1. The normalized spacial score (nSPS) is 12.1. The Bertz CT molecular complexity index is 202. The van der Waals surface area contributed by atoms with Gasteiger partial charge in [-0.2, -0.15) is 0 Å². The third kappa shape index (κ3) is 11.9. The molecule has 0 radical (unpaired) electrons. The topological polar surface area (TPSA) is 26.3 Å². The molecule has 0 aromatic heterocycles. The fourth-order valence-corrected chi connectivity index (χ4v) is 1.69. The predicted molar refractivity (Wildman–Crippen MR) is 76.5 cm³/mol. The van der Waals surface area contributed by atoms with Crippen LogP contribution in [0.2, 0.25) is 0 Å². The molecule has 100 valence electrons. The zero-order valence-electron chi connectivity index (χ0n) is 10.9. The van der Waals surface area contributed by atoms with Crippen LogP contribution in [0.4, 0.5) is 0 Å². The lowest BCUT2D eigenvalue weighted by atomic mass is 10.1. The molecular weight excluding hydrogens is 280 g/mol. The van der Waals surface area contributed by atoms with Crippen molar-refractivity contribution in [3.8, 4) is 0 Å². The van der Waals surface area contributed by atoms with Gasteiger partial charge < -0.3 is 4.74 Å². The Balaban J connectivity index is 3.08. The zero-order valence-corrected chi connectivity index (χ0v) is 12.5. The molecule has 1 atom stereocenters. The van der Waals surface area contributed by atoms with Crippen molar-refractivity contribution < 1.29 is 9.53 Å². The van der Waals surface area contributed by atoms with Gasteiger partial charge in [0.1, 0.15) is 4.83 Å². The molecule has 0 aliphatic rings. The summed E-state index contributed by atoms with van der Waals surface area (Å²) in [5.74, 6) is -0.158. The molecule has 0 aromatic carbocycles. The molecule has 0 heterocycles. The maximum atomic E-state index is 11.1. The first-order valence-electron chi connectivity index (χ1n) is 6.60. The van der Waals surface area contributed by atoms with Crippen molar-refractivity contribution in [3.05, 3.63) is 12.7 Å². The van der Waals surface area contributed by atoms with Crippen molar-refractivity contribution in [2.75, 3.05) is 6.61 Å². The predicted octanol–water partition coefficient (Wildman–Crippen LogP) is 4.62. The van der Waals surface area contributed by atoms with E-state index in [-0.39, 0.29) is 10.8 Å². The largest absolute Gasteiger partial charge is 0.465 e. The van der Waals surface area contributed by atoms with Gasteiger partial charge in [-0.05, 0) is 26.2 Å². The minimum Gasteiger partial charge on any atom is -0.465 e. The molecule has 0 saturated carbocycles. The van der Waals surface area contributed by atoms with E-state index in [1.54, 1.807) is 6.92 Å². The quantitative estimate of drug-likeness (QED) is 0.241. The van der Waals surface area contributed by atoms with Crippen molar-refractivity contribution >= 4 is 21.9 Å². The lowest BCUT2D eigenvalue weighted by molar-refractivity contribution is -0.142. The van der Waals surface area contributed by atoms with E-state index in [2.05, 4.69) is 22.5 Å². The van der Waals surface area contributed by atoms with Crippen molar-refractivity contribution in [2.45, 2.75) is 63.1 Å². The fourth-order valence-electron chi connectivity index (χ4n) is 1.56. The van der Waals surface area contributed by atoms with Crippen LogP contribution in [0.25, 0.3) is 0 Å². The summed E-state index contributed by atoms with van der Waals surface area (Å²) in [7, 11) is 0. The second-order valence-corrected chi connectivity index (χ2v) is 5.71. The fraction of sp³-hybridized carbons (Fsp3) is 0.786. The van der Waals surface area contributed by atoms with Gasteiger partial charge in [0.2, 0.25) is 0 Å². The lowest BCUT2D eigenvalue weighted by Crippen LogP contribution is -2.14. The Morgan fingerprint density at radius 3 is 2.24 bits per heavy atom. The van der Waals surface area contributed by atoms with Gasteiger partial charge in [0.05, 0.1) is 6.61 Å². The van der Waals surface area contributed by atoms with Crippen LogP contribution in [0.15, 0.2) is 12.7 Å². The average Bonchev–Trinajstić information content (AvgIpc) is 2.31. The summed E-state index contributed by atoms with van der Waals surface area (Å²) in [5.41, 5.74) is 0. The van der Waals surface area contributed by atoms with Gasteiger partial charge in [0, 0.05) is 0 Å². The number of unbranched alkanes of at least 4 members (excludes halogenated alkanes) is 7. The molecular formula is C14H25BrO2. The molecule has 0 saturated heterocycles. The van der Waals surface area contributed by atoms with Crippen molar-refractivity contribution in [2.24, 2.45) is 0 Å². The van der Waals surface area contributed by atoms with Crippen LogP contribution in [-0.4, -0.2) is 17.4 Å². The van der Waals surface area contributed by atoms with E-state index in [0.29, 0.717) is 6.61 Å². The van der Waals surface area contributed by atoms with Crippen LogP contribution < -0.4 is 0 Å². The Hall–Kier alpha value is -0.310. The second-order valence-electron chi connectivity index (χ2n) is 4.34. The maximum Gasteiger partial charge on any atom is 0.319 e. The molecule has 2 nitrogen and oxygen atoms in total. The highest BCUT2D eigenvalue weighted by atomic mass is 79.9. The first-order chi connectivity index (χ1) is 8.18. The van der Waals surface area contributed by atoms with Crippen molar-refractivity contribution in [3.63, 3.8) is 0 Å². The lowest BCUT2D eigenvalue weighted by Gasteiger charge is -2.05. The monoisotopic (exact) mass is 304 g/mol. The summed E-state index contributed by atoms with van der Waals surface area (Å²) in [4.78, 5) is 10.9. The molecule has 0 amide bonds. The van der Waals surface area contributed by atoms with Gasteiger partial charge in [-0.1, -0.05) is 54.1 Å². The number of allylic oxidation sites excluding steroid dienone is 1. The number of alkyl halides is 1. The van der Waals surface area contributed by atoms with Crippen LogP contribution in [0.3, 0.4) is 0 Å². The molecule has 0 unspecified atom stereocenters. The Morgan fingerprint density at radius 1 is 1.18 bits per heavy atom. The zero-order chi connectivity index (χ0) is 12.9. The Kier molecular flexibility index (Phi) is 11.9. The van der Waals surface area contributed by atoms with Gasteiger partial charge in [0.15, 0.2) is 0 Å². The molecule has 3 heteroatoms. The molecule has 0 aliphatic heterocycles. The third-order valence-electron chi connectivity index (χ3n) is 2.62.